The third-order valence-electron chi connectivity index (χ3n) is 4.73. The van der Waals surface area contributed by atoms with Gasteiger partial charge < -0.3 is 19.9 Å². The first-order valence-corrected chi connectivity index (χ1v) is 8.67. The molecule has 1 aromatic heterocycles. The number of nitrogens with zero attached hydrogens (tertiary/aromatic N) is 3. The summed E-state index contributed by atoms with van der Waals surface area (Å²) in [4.78, 5) is 12.6. The molecular weight excluding hydrogens is 294 g/mol. The van der Waals surface area contributed by atoms with Crippen molar-refractivity contribution < 1.29 is 9.53 Å². The molecule has 1 amide bonds. The van der Waals surface area contributed by atoms with Gasteiger partial charge >= 0.3 is 0 Å². The summed E-state index contributed by atoms with van der Waals surface area (Å²) < 4.78 is 7.52. The van der Waals surface area contributed by atoms with Gasteiger partial charge in [0, 0.05) is 45.2 Å². The Labute approximate surface area is 137 Å². The summed E-state index contributed by atoms with van der Waals surface area (Å²) in [6.45, 7) is 8.29. The highest BCUT2D eigenvalue weighted by molar-refractivity contribution is 5.79. The Morgan fingerprint density at radius 1 is 1.30 bits per heavy atom. The molecular formula is C16H27N5O2. The van der Waals surface area contributed by atoms with Gasteiger partial charge in [-0.25, -0.2) is 0 Å². The van der Waals surface area contributed by atoms with Crippen molar-refractivity contribution in [3.63, 3.8) is 0 Å². The Morgan fingerprint density at radius 2 is 2.09 bits per heavy atom. The van der Waals surface area contributed by atoms with E-state index < -0.39 is 0 Å². The molecule has 2 N–H and O–H groups in total. The fourth-order valence-electron chi connectivity index (χ4n) is 3.28. The molecule has 0 radical (unpaired) electrons. The van der Waals surface area contributed by atoms with Crippen LogP contribution in [0.5, 0.6) is 0 Å². The van der Waals surface area contributed by atoms with Crippen LogP contribution in [0.1, 0.15) is 44.4 Å². The maximum absolute atomic E-state index is 12.6. The van der Waals surface area contributed by atoms with Gasteiger partial charge in [-0.05, 0) is 18.8 Å². The lowest BCUT2D eigenvalue weighted by atomic mass is 9.97. The Morgan fingerprint density at radius 3 is 2.83 bits per heavy atom. The van der Waals surface area contributed by atoms with E-state index in [1.165, 1.54) is 0 Å². The number of hydrogen-bond acceptors (Lipinski definition) is 5. The smallest absolute Gasteiger partial charge is 0.223 e. The van der Waals surface area contributed by atoms with Gasteiger partial charge in [-0.1, -0.05) is 13.8 Å². The predicted octanol–water partition coefficient (Wildman–Crippen LogP) is 0.664. The van der Waals surface area contributed by atoms with Gasteiger partial charge in [0.2, 0.25) is 5.91 Å². The minimum atomic E-state index is -0.0929. The first-order valence-electron chi connectivity index (χ1n) is 8.67. The SMILES string of the molecule is CC(C)C(NC(=O)C1CCOCC1)c1nnc2n1CCNCC2. The fourth-order valence-corrected chi connectivity index (χ4v) is 3.28. The minimum absolute atomic E-state index is 0.0539. The van der Waals surface area contributed by atoms with Crippen LogP contribution in [0.2, 0.25) is 0 Å². The van der Waals surface area contributed by atoms with Crippen LogP contribution in [-0.4, -0.2) is 47.0 Å². The van der Waals surface area contributed by atoms with Crippen LogP contribution in [0.15, 0.2) is 0 Å². The molecule has 0 saturated carbocycles. The van der Waals surface area contributed by atoms with Crippen LogP contribution in [0.3, 0.4) is 0 Å². The van der Waals surface area contributed by atoms with Gasteiger partial charge in [0.25, 0.3) is 0 Å². The van der Waals surface area contributed by atoms with Gasteiger partial charge in [0.15, 0.2) is 5.82 Å². The molecule has 7 nitrogen and oxygen atoms in total. The molecule has 2 aliphatic rings. The highest BCUT2D eigenvalue weighted by Crippen LogP contribution is 2.24. The Hall–Kier alpha value is -1.47. The topological polar surface area (TPSA) is 81.1 Å². The van der Waals surface area contributed by atoms with Crippen molar-refractivity contribution in [2.45, 2.75) is 45.7 Å². The number of ether oxygens (including phenoxy) is 1. The number of aromatic nitrogens is 3. The molecule has 1 atom stereocenters. The van der Waals surface area contributed by atoms with E-state index in [1.807, 2.05) is 0 Å². The molecule has 1 unspecified atom stereocenters. The van der Waals surface area contributed by atoms with Crippen molar-refractivity contribution in [1.29, 1.82) is 0 Å². The first-order chi connectivity index (χ1) is 11.2. The van der Waals surface area contributed by atoms with Crippen LogP contribution in [0.4, 0.5) is 0 Å². The lowest BCUT2D eigenvalue weighted by molar-refractivity contribution is -0.129. The summed E-state index contributed by atoms with van der Waals surface area (Å²) in [7, 11) is 0. The lowest BCUT2D eigenvalue weighted by Crippen LogP contribution is -2.39. The van der Waals surface area contributed by atoms with Crippen molar-refractivity contribution in [2.75, 3.05) is 26.3 Å². The number of nitrogens with one attached hydrogen (secondary N) is 2. The average molecular weight is 321 g/mol. The third-order valence-corrected chi connectivity index (χ3v) is 4.73. The van der Waals surface area contributed by atoms with Gasteiger partial charge in [-0.3, -0.25) is 4.79 Å². The Bertz CT molecular complexity index is 537. The van der Waals surface area contributed by atoms with E-state index in [4.69, 9.17) is 4.74 Å². The fraction of sp³-hybridized carbons (Fsp3) is 0.812. The number of carbonyl (C=O) groups is 1. The van der Waals surface area contributed by atoms with Crippen molar-refractivity contribution in [3.8, 4) is 0 Å². The number of amides is 1. The molecule has 0 spiro atoms. The highest BCUT2D eigenvalue weighted by Gasteiger charge is 2.29. The number of fused-ring (bicyclic) bond motifs is 1. The standard InChI is InChI=1S/C16H27N5O2/c1-11(2)14(18-16(22)12-4-9-23-10-5-12)15-20-19-13-3-6-17-7-8-21(13)15/h11-12,14,17H,3-10H2,1-2H3,(H,18,22). The summed E-state index contributed by atoms with van der Waals surface area (Å²) in [6, 6.07) is -0.0929. The van der Waals surface area contributed by atoms with Crippen molar-refractivity contribution >= 4 is 5.91 Å². The molecule has 3 rings (SSSR count). The molecule has 0 aliphatic carbocycles. The van der Waals surface area contributed by atoms with E-state index in [-0.39, 0.29) is 23.8 Å². The summed E-state index contributed by atoms with van der Waals surface area (Å²) in [5.41, 5.74) is 0. The predicted molar refractivity (Wildman–Crippen MR) is 85.9 cm³/mol. The second-order valence-corrected chi connectivity index (χ2v) is 6.74. The second-order valence-electron chi connectivity index (χ2n) is 6.74. The monoisotopic (exact) mass is 321 g/mol. The van der Waals surface area contributed by atoms with Crippen LogP contribution in [-0.2, 0) is 22.5 Å². The van der Waals surface area contributed by atoms with Crippen molar-refractivity contribution in [1.82, 2.24) is 25.4 Å². The Kier molecular flexibility index (Phi) is 5.27. The number of hydrogen-bond donors (Lipinski definition) is 2. The number of rotatable bonds is 4. The molecule has 0 bridgehead atoms. The highest BCUT2D eigenvalue weighted by atomic mass is 16.5. The van der Waals surface area contributed by atoms with Gasteiger partial charge in [0.05, 0.1) is 6.04 Å². The molecule has 1 saturated heterocycles. The quantitative estimate of drug-likeness (QED) is 0.852. The molecule has 3 heterocycles. The van der Waals surface area contributed by atoms with Crippen molar-refractivity contribution in [2.24, 2.45) is 11.8 Å². The third kappa shape index (κ3) is 3.72. The zero-order valence-corrected chi connectivity index (χ0v) is 14.0. The summed E-state index contributed by atoms with van der Waals surface area (Å²) in [5, 5.41) is 15.3. The van der Waals surface area contributed by atoms with Gasteiger partial charge in [-0.2, -0.15) is 0 Å². The summed E-state index contributed by atoms with van der Waals surface area (Å²) in [5.74, 6) is 2.34. The van der Waals surface area contributed by atoms with Crippen LogP contribution in [0.25, 0.3) is 0 Å². The second kappa shape index (κ2) is 7.40. The molecule has 1 fully saturated rings. The zero-order valence-electron chi connectivity index (χ0n) is 14.0. The molecule has 23 heavy (non-hydrogen) atoms. The van der Waals surface area contributed by atoms with E-state index in [1.54, 1.807) is 0 Å². The lowest BCUT2D eigenvalue weighted by Gasteiger charge is -2.27. The molecule has 128 valence electrons. The minimum Gasteiger partial charge on any atom is -0.381 e. The normalized spacial score (nSPS) is 20.8. The van der Waals surface area contributed by atoms with E-state index >= 15 is 0 Å². The van der Waals surface area contributed by atoms with Gasteiger partial charge in [0.1, 0.15) is 5.82 Å². The molecule has 7 heteroatoms. The van der Waals surface area contributed by atoms with E-state index in [0.29, 0.717) is 13.2 Å². The maximum Gasteiger partial charge on any atom is 0.223 e. The largest absolute Gasteiger partial charge is 0.381 e. The van der Waals surface area contributed by atoms with Crippen LogP contribution < -0.4 is 10.6 Å². The number of carbonyl (C=O) groups excluding carboxylic acids is 1. The molecule has 2 aliphatic heterocycles. The van der Waals surface area contributed by atoms with Crippen molar-refractivity contribution in [3.05, 3.63) is 11.6 Å². The Balaban J connectivity index is 1.76. The first kappa shape index (κ1) is 16.4. The van der Waals surface area contributed by atoms with Gasteiger partial charge in [-0.15, -0.1) is 10.2 Å². The summed E-state index contributed by atoms with van der Waals surface area (Å²) in [6.07, 6.45) is 2.49. The molecule has 0 aromatic carbocycles. The van der Waals surface area contributed by atoms with Crippen LogP contribution in [0, 0.1) is 11.8 Å². The zero-order chi connectivity index (χ0) is 16.2. The molecule has 1 aromatic rings. The van der Waals surface area contributed by atoms with E-state index in [9.17, 15) is 4.79 Å². The maximum atomic E-state index is 12.6. The van der Waals surface area contributed by atoms with Crippen LogP contribution >= 0.6 is 0 Å². The average Bonchev–Trinajstić information content (AvgIpc) is 2.80. The summed E-state index contributed by atoms with van der Waals surface area (Å²) >= 11 is 0. The van der Waals surface area contributed by atoms with E-state index in [2.05, 4.69) is 39.2 Å². The van der Waals surface area contributed by atoms with E-state index in [0.717, 1.165) is 50.5 Å².